The zero-order valence-corrected chi connectivity index (χ0v) is 9.56. The highest BCUT2D eigenvalue weighted by atomic mass is 35.5. The van der Waals surface area contributed by atoms with Crippen LogP contribution in [0, 0.1) is 6.42 Å². The predicted molar refractivity (Wildman–Crippen MR) is 56.0 cm³/mol. The van der Waals surface area contributed by atoms with Gasteiger partial charge >= 0.3 is 0 Å². The highest BCUT2D eigenvalue weighted by molar-refractivity contribution is 7.90. The van der Waals surface area contributed by atoms with Crippen LogP contribution in [0.1, 0.15) is 18.9 Å². The molecule has 0 spiro atoms. The van der Waals surface area contributed by atoms with E-state index in [0.717, 1.165) is 18.2 Å². The molecule has 0 atom stereocenters. The number of hydrogen-bond donors (Lipinski definition) is 0. The first kappa shape index (κ1) is 11.5. The van der Waals surface area contributed by atoms with E-state index in [9.17, 15) is 8.42 Å². The van der Waals surface area contributed by atoms with Gasteiger partial charge in [-0.1, -0.05) is 18.5 Å². The summed E-state index contributed by atoms with van der Waals surface area (Å²) >= 11 is 5.70. The molecule has 3 nitrogen and oxygen atoms in total. The zero-order chi connectivity index (χ0) is 10.8. The smallest absolute Gasteiger partial charge is 0.192 e. The number of rotatable bonds is 3. The molecule has 1 aromatic heterocycles. The van der Waals surface area contributed by atoms with E-state index in [1.54, 1.807) is 6.07 Å². The summed E-state index contributed by atoms with van der Waals surface area (Å²) in [6.45, 7) is 1.97. The van der Waals surface area contributed by atoms with Crippen LogP contribution in [-0.2, 0) is 9.84 Å². The van der Waals surface area contributed by atoms with Gasteiger partial charge in [-0.25, -0.2) is 13.4 Å². The van der Waals surface area contributed by atoms with Gasteiger partial charge in [0.1, 0.15) is 5.15 Å². The topological polar surface area (TPSA) is 47.0 Å². The molecular weight excluding hydrogens is 222 g/mol. The zero-order valence-electron chi connectivity index (χ0n) is 7.99. The maximum Gasteiger partial charge on any atom is 0.192 e. The van der Waals surface area contributed by atoms with Crippen LogP contribution in [0.25, 0.3) is 0 Å². The van der Waals surface area contributed by atoms with Gasteiger partial charge in [0, 0.05) is 6.26 Å². The first-order valence-electron chi connectivity index (χ1n) is 4.14. The summed E-state index contributed by atoms with van der Waals surface area (Å²) in [6, 6.07) is 3.16. The summed E-state index contributed by atoms with van der Waals surface area (Å²) < 4.78 is 22.4. The van der Waals surface area contributed by atoms with E-state index in [4.69, 9.17) is 11.6 Å². The van der Waals surface area contributed by atoms with Gasteiger partial charge in [0.25, 0.3) is 0 Å². The molecule has 1 rings (SSSR count). The average Bonchev–Trinajstić information content (AvgIpc) is 2.02. The molecule has 0 unspecified atom stereocenters. The number of hydrogen-bond acceptors (Lipinski definition) is 3. The van der Waals surface area contributed by atoms with Crippen molar-refractivity contribution >= 4 is 21.4 Å². The first-order chi connectivity index (χ1) is 6.43. The van der Waals surface area contributed by atoms with Gasteiger partial charge in [0.05, 0.1) is 0 Å². The van der Waals surface area contributed by atoms with Crippen molar-refractivity contribution in [3.8, 4) is 0 Å². The summed E-state index contributed by atoms with van der Waals surface area (Å²) in [4.78, 5) is 3.74. The molecule has 5 heteroatoms. The fourth-order valence-corrected chi connectivity index (χ4v) is 1.92. The van der Waals surface area contributed by atoms with E-state index in [0.29, 0.717) is 0 Å². The molecule has 0 fully saturated rings. The van der Waals surface area contributed by atoms with Crippen molar-refractivity contribution in [1.29, 1.82) is 0 Å². The second kappa shape index (κ2) is 4.28. The van der Waals surface area contributed by atoms with Crippen molar-refractivity contribution in [2.45, 2.75) is 18.4 Å². The number of aromatic nitrogens is 1. The number of nitrogens with zero attached hydrogens (tertiary/aromatic N) is 1. The van der Waals surface area contributed by atoms with Crippen LogP contribution in [0.15, 0.2) is 17.2 Å². The van der Waals surface area contributed by atoms with E-state index >= 15 is 0 Å². The van der Waals surface area contributed by atoms with Gasteiger partial charge in [-0.15, -0.1) is 0 Å². The Morgan fingerprint density at radius 3 is 2.64 bits per heavy atom. The SMILES string of the molecule is CC[CH]c1cc(Cl)nc(S(C)(=O)=O)c1. The lowest BCUT2D eigenvalue weighted by molar-refractivity contribution is 0.598. The minimum Gasteiger partial charge on any atom is -0.225 e. The molecule has 0 aromatic carbocycles. The summed E-state index contributed by atoms with van der Waals surface area (Å²) in [6.07, 6.45) is 3.83. The van der Waals surface area contributed by atoms with Gasteiger partial charge in [-0.2, -0.15) is 0 Å². The quantitative estimate of drug-likeness (QED) is 0.750. The van der Waals surface area contributed by atoms with Crippen molar-refractivity contribution in [3.05, 3.63) is 29.3 Å². The van der Waals surface area contributed by atoms with E-state index in [2.05, 4.69) is 4.98 Å². The lowest BCUT2D eigenvalue weighted by atomic mass is 10.2. The molecule has 1 aromatic rings. The largest absolute Gasteiger partial charge is 0.225 e. The van der Waals surface area contributed by atoms with Crippen LogP contribution in [0.5, 0.6) is 0 Å². The summed E-state index contributed by atoms with van der Waals surface area (Å²) in [5, 5.41) is 0.220. The van der Waals surface area contributed by atoms with Crippen LogP contribution < -0.4 is 0 Å². The van der Waals surface area contributed by atoms with Crippen molar-refractivity contribution in [2.75, 3.05) is 6.26 Å². The van der Waals surface area contributed by atoms with Gasteiger partial charge in [-0.05, 0) is 30.5 Å². The minimum absolute atomic E-state index is 0.0182. The summed E-state index contributed by atoms with van der Waals surface area (Å²) in [5.74, 6) is 0. The van der Waals surface area contributed by atoms with Gasteiger partial charge in [0.15, 0.2) is 14.9 Å². The van der Waals surface area contributed by atoms with Crippen molar-refractivity contribution in [2.24, 2.45) is 0 Å². The summed E-state index contributed by atoms with van der Waals surface area (Å²) in [5.41, 5.74) is 0.785. The Kier molecular flexibility index (Phi) is 3.50. The second-order valence-corrected chi connectivity index (χ2v) is 5.30. The second-order valence-electron chi connectivity index (χ2n) is 2.95. The van der Waals surface area contributed by atoms with Gasteiger partial charge < -0.3 is 0 Å². The number of pyridine rings is 1. The molecular formula is C9H11ClNO2S. The fraction of sp³-hybridized carbons (Fsp3) is 0.333. The van der Waals surface area contributed by atoms with Crippen LogP contribution >= 0.6 is 11.6 Å². The first-order valence-corrected chi connectivity index (χ1v) is 6.41. The fourth-order valence-electron chi connectivity index (χ4n) is 1.04. The standard InChI is InChI=1S/C9H11ClNO2S/c1-3-4-7-5-8(10)11-9(6-7)14(2,12)13/h4-6H,3H2,1-2H3. The molecule has 77 valence electrons. The normalized spacial score (nSPS) is 11.6. The molecule has 0 aliphatic heterocycles. The predicted octanol–water partition coefficient (Wildman–Crippen LogP) is 2.10. The molecule has 0 bridgehead atoms. The third kappa shape index (κ3) is 2.96. The van der Waals surface area contributed by atoms with Crippen LogP contribution in [0.3, 0.4) is 0 Å². The van der Waals surface area contributed by atoms with E-state index < -0.39 is 9.84 Å². The van der Waals surface area contributed by atoms with Crippen molar-refractivity contribution < 1.29 is 8.42 Å². The molecule has 1 radical (unpaired) electrons. The Hall–Kier alpha value is -0.610. The van der Waals surface area contributed by atoms with Crippen LogP contribution in [0.4, 0.5) is 0 Å². The lowest BCUT2D eigenvalue weighted by Crippen LogP contribution is -2.01. The third-order valence-electron chi connectivity index (χ3n) is 1.61. The number of halogens is 1. The summed E-state index contributed by atoms with van der Waals surface area (Å²) in [7, 11) is -3.28. The molecule has 14 heavy (non-hydrogen) atoms. The Labute approximate surface area is 89.0 Å². The highest BCUT2D eigenvalue weighted by Gasteiger charge is 2.10. The van der Waals surface area contributed by atoms with E-state index in [-0.39, 0.29) is 10.2 Å². The molecule has 0 saturated heterocycles. The van der Waals surface area contributed by atoms with Gasteiger partial charge in [0.2, 0.25) is 0 Å². The Morgan fingerprint density at radius 2 is 2.14 bits per heavy atom. The highest BCUT2D eigenvalue weighted by Crippen LogP contribution is 2.16. The molecule has 0 aliphatic carbocycles. The van der Waals surface area contributed by atoms with Crippen LogP contribution in [0.2, 0.25) is 5.15 Å². The Morgan fingerprint density at radius 1 is 1.50 bits per heavy atom. The van der Waals surface area contributed by atoms with Crippen LogP contribution in [-0.4, -0.2) is 19.7 Å². The maximum atomic E-state index is 11.2. The lowest BCUT2D eigenvalue weighted by Gasteiger charge is -2.02. The average molecular weight is 233 g/mol. The number of sulfone groups is 1. The Balaban J connectivity index is 3.21. The molecule has 0 amide bonds. The minimum atomic E-state index is -3.28. The molecule has 1 heterocycles. The monoisotopic (exact) mass is 232 g/mol. The molecule has 0 saturated carbocycles. The van der Waals surface area contributed by atoms with E-state index in [1.165, 1.54) is 6.07 Å². The van der Waals surface area contributed by atoms with Gasteiger partial charge in [-0.3, -0.25) is 0 Å². The molecule has 0 N–H and O–H groups in total. The molecule has 0 aliphatic rings. The van der Waals surface area contributed by atoms with Crippen molar-refractivity contribution in [3.63, 3.8) is 0 Å². The third-order valence-corrected chi connectivity index (χ3v) is 2.78. The van der Waals surface area contributed by atoms with E-state index in [1.807, 2.05) is 13.3 Å². The maximum absolute atomic E-state index is 11.2. The van der Waals surface area contributed by atoms with Crippen molar-refractivity contribution in [1.82, 2.24) is 4.98 Å². The Bertz CT molecular complexity index is 428.